The molecule has 7 rings (SSSR count). The zero-order chi connectivity index (χ0) is 31.7. The topological polar surface area (TPSA) is 74.6 Å². The Kier molecular flexibility index (Phi) is 7.14. The third kappa shape index (κ3) is 5.05. The van der Waals surface area contributed by atoms with Gasteiger partial charge in [0, 0.05) is 55.3 Å². The number of carbonyl (C=O) groups excluding carboxylic acids is 2. The highest BCUT2D eigenvalue weighted by Crippen LogP contribution is 2.46. The molecular formula is C34H37F3N6O2. The molecule has 0 unspecified atom stereocenters. The zero-order valence-corrected chi connectivity index (χ0v) is 25.6. The smallest absolute Gasteiger partial charge is 0.338 e. The SMILES string of the molecule is C=CC(=O)N1CC2(CCN([C@@H](C)c3cc4c(c(C(F)(F)F)c3)CN(c3cccc([C@H](c5nncn5C)C5CCC5)c3)C4=O)C2)C1. The number of hydrogen-bond donors (Lipinski definition) is 0. The van der Waals surface area contributed by atoms with Gasteiger partial charge < -0.3 is 14.4 Å². The predicted molar refractivity (Wildman–Crippen MR) is 162 cm³/mol. The molecule has 11 heteroatoms. The summed E-state index contributed by atoms with van der Waals surface area (Å²) in [6, 6.07) is 10.2. The average molecular weight is 619 g/mol. The summed E-state index contributed by atoms with van der Waals surface area (Å²) < 4.78 is 45.6. The average Bonchev–Trinajstić information content (AvgIpc) is 3.70. The van der Waals surface area contributed by atoms with Gasteiger partial charge in [-0.15, -0.1) is 10.2 Å². The Labute approximate surface area is 260 Å². The van der Waals surface area contributed by atoms with Gasteiger partial charge in [-0.25, -0.2) is 0 Å². The molecule has 4 heterocycles. The Morgan fingerprint density at radius 1 is 1.13 bits per heavy atom. The molecule has 2 atom stereocenters. The fraction of sp³-hybridized carbons (Fsp3) is 0.471. The zero-order valence-electron chi connectivity index (χ0n) is 25.6. The van der Waals surface area contributed by atoms with Crippen LogP contribution in [-0.2, 0) is 24.6 Å². The lowest BCUT2D eigenvalue weighted by molar-refractivity contribution is -0.138. The summed E-state index contributed by atoms with van der Waals surface area (Å²) in [5, 5.41) is 8.46. The molecule has 2 amide bonds. The van der Waals surface area contributed by atoms with Crippen LogP contribution in [0.15, 0.2) is 55.4 Å². The second-order valence-electron chi connectivity index (χ2n) is 13.3. The molecule has 1 saturated carbocycles. The highest BCUT2D eigenvalue weighted by molar-refractivity contribution is 6.10. The first-order chi connectivity index (χ1) is 21.5. The van der Waals surface area contributed by atoms with Gasteiger partial charge in [-0.1, -0.05) is 25.1 Å². The van der Waals surface area contributed by atoms with Gasteiger partial charge in [0.2, 0.25) is 5.91 Å². The summed E-state index contributed by atoms with van der Waals surface area (Å²) in [6.07, 6.45) is 2.52. The van der Waals surface area contributed by atoms with Gasteiger partial charge in [0.15, 0.2) is 0 Å². The number of fused-ring (bicyclic) bond motifs is 1. The summed E-state index contributed by atoms with van der Waals surface area (Å²) in [5.74, 6) is 0.713. The lowest BCUT2D eigenvalue weighted by atomic mass is 9.72. The van der Waals surface area contributed by atoms with Crippen LogP contribution in [0.2, 0.25) is 0 Å². The van der Waals surface area contributed by atoms with Crippen molar-refractivity contribution >= 4 is 17.5 Å². The quantitative estimate of drug-likeness (QED) is 0.318. The van der Waals surface area contributed by atoms with E-state index in [9.17, 15) is 22.8 Å². The lowest BCUT2D eigenvalue weighted by Crippen LogP contribution is -2.59. The maximum Gasteiger partial charge on any atom is 0.416 e. The van der Waals surface area contributed by atoms with Crippen molar-refractivity contribution in [3.8, 4) is 0 Å². The highest BCUT2D eigenvalue weighted by atomic mass is 19.4. The van der Waals surface area contributed by atoms with Crippen molar-refractivity contribution in [2.75, 3.05) is 31.1 Å². The second kappa shape index (κ2) is 10.8. The minimum atomic E-state index is -4.61. The number of likely N-dealkylation sites (tertiary alicyclic amines) is 2. The molecule has 1 spiro atoms. The third-order valence-electron chi connectivity index (χ3n) is 10.6. The molecule has 236 valence electrons. The van der Waals surface area contributed by atoms with Gasteiger partial charge in [0.1, 0.15) is 12.2 Å². The van der Waals surface area contributed by atoms with Crippen molar-refractivity contribution in [3.63, 3.8) is 0 Å². The third-order valence-corrected chi connectivity index (χ3v) is 10.6. The van der Waals surface area contributed by atoms with Crippen molar-refractivity contribution < 1.29 is 22.8 Å². The molecule has 1 aromatic heterocycles. The molecule has 4 aliphatic rings. The number of aromatic nitrogens is 3. The maximum absolute atomic E-state index is 14.6. The summed E-state index contributed by atoms with van der Waals surface area (Å²) in [4.78, 5) is 31.3. The van der Waals surface area contributed by atoms with Crippen molar-refractivity contribution in [2.45, 2.75) is 57.3 Å². The Balaban J connectivity index is 1.17. The summed E-state index contributed by atoms with van der Waals surface area (Å²) in [5.41, 5.74) is 1.38. The maximum atomic E-state index is 14.6. The molecular weight excluding hydrogens is 581 g/mol. The van der Waals surface area contributed by atoms with E-state index in [1.165, 1.54) is 17.0 Å². The van der Waals surface area contributed by atoms with Crippen LogP contribution in [0.25, 0.3) is 0 Å². The van der Waals surface area contributed by atoms with E-state index >= 15 is 0 Å². The Morgan fingerprint density at radius 2 is 1.91 bits per heavy atom. The van der Waals surface area contributed by atoms with Crippen molar-refractivity contribution in [3.05, 3.63) is 89.0 Å². The largest absolute Gasteiger partial charge is 0.416 e. The van der Waals surface area contributed by atoms with Crippen LogP contribution in [0.1, 0.15) is 83.0 Å². The second-order valence-corrected chi connectivity index (χ2v) is 13.3. The number of amides is 2. The first kappa shape index (κ1) is 29.7. The molecule has 8 nitrogen and oxygen atoms in total. The summed E-state index contributed by atoms with van der Waals surface area (Å²) >= 11 is 0. The van der Waals surface area contributed by atoms with E-state index in [-0.39, 0.29) is 41.0 Å². The van der Waals surface area contributed by atoms with Gasteiger partial charge in [0.05, 0.1) is 12.1 Å². The number of nitrogens with zero attached hydrogens (tertiary/aromatic N) is 6. The van der Waals surface area contributed by atoms with Crippen molar-refractivity contribution in [1.82, 2.24) is 24.6 Å². The van der Waals surface area contributed by atoms with Crippen LogP contribution in [0, 0.1) is 11.3 Å². The molecule has 3 aromatic rings. The van der Waals surface area contributed by atoms with Crippen LogP contribution in [-0.4, -0.2) is 62.6 Å². The number of alkyl halides is 3. The minimum Gasteiger partial charge on any atom is -0.338 e. The molecule has 45 heavy (non-hydrogen) atoms. The molecule has 1 aliphatic carbocycles. The van der Waals surface area contributed by atoms with Crippen LogP contribution in [0.3, 0.4) is 0 Å². The minimum absolute atomic E-state index is 0.00846. The molecule has 0 bridgehead atoms. The first-order valence-electron chi connectivity index (χ1n) is 15.6. The Bertz CT molecular complexity index is 1670. The van der Waals surface area contributed by atoms with Gasteiger partial charge in [0.25, 0.3) is 5.91 Å². The number of benzene rings is 2. The van der Waals surface area contributed by atoms with E-state index in [0.717, 1.165) is 43.6 Å². The van der Waals surface area contributed by atoms with Crippen LogP contribution < -0.4 is 4.90 Å². The molecule has 0 N–H and O–H groups in total. The van der Waals surface area contributed by atoms with E-state index in [2.05, 4.69) is 21.7 Å². The van der Waals surface area contributed by atoms with Crippen molar-refractivity contribution in [2.24, 2.45) is 18.4 Å². The highest BCUT2D eigenvalue weighted by Gasteiger charge is 2.50. The number of aryl methyl sites for hydroxylation is 1. The monoisotopic (exact) mass is 618 g/mol. The summed E-state index contributed by atoms with van der Waals surface area (Å²) in [7, 11) is 1.91. The predicted octanol–water partition coefficient (Wildman–Crippen LogP) is 5.71. The number of anilines is 1. The van der Waals surface area contributed by atoms with Crippen LogP contribution in [0.4, 0.5) is 18.9 Å². The number of hydrogen-bond acceptors (Lipinski definition) is 5. The fourth-order valence-corrected chi connectivity index (χ4v) is 7.82. The Morgan fingerprint density at radius 3 is 2.56 bits per heavy atom. The van der Waals surface area contributed by atoms with Gasteiger partial charge in [-0.2, -0.15) is 13.2 Å². The van der Waals surface area contributed by atoms with E-state index in [1.54, 1.807) is 23.4 Å². The normalized spacial score (nSPS) is 21.0. The van der Waals surface area contributed by atoms with Crippen LogP contribution >= 0.6 is 0 Å². The molecule has 3 aliphatic heterocycles. The fourth-order valence-electron chi connectivity index (χ4n) is 7.82. The molecule has 0 radical (unpaired) electrons. The summed E-state index contributed by atoms with van der Waals surface area (Å²) in [6.45, 7) is 7.98. The van der Waals surface area contributed by atoms with Gasteiger partial charge in [-0.3, -0.25) is 14.5 Å². The van der Waals surface area contributed by atoms with Gasteiger partial charge >= 0.3 is 6.18 Å². The van der Waals surface area contributed by atoms with Crippen LogP contribution in [0.5, 0.6) is 0 Å². The van der Waals surface area contributed by atoms with E-state index < -0.39 is 17.6 Å². The van der Waals surface area contributed by atoms with Gasteiger partial charge in [-0.05, 0) is 85.7 Å². The Hall–Kier alpha value is -3.99. The molecule has 2 saturated heterocycles. The number of carbonyl (C=O) groups is 2. The number of rotatable bonds is 7. The first-order valence-corrected chi connectivity index (χ1v) is 15.6. The number of halogens is 3. The standard InChI is InChI=1S/C34H37F3N6O2/c1-4-29(44)42-18-33(19-42)11-12-41(17-33)21(2)24-14-26-27(28(15-24)34(35,36)37)16-43(32(26)45)25-10-6-9-23(13-25)30(22-7-5-8-22)31-39-38-20-40(31)3/h4,6,9-10,13-15,20-22,30H,1,5,7-8,11-12,16-19H2,2-3H3/t21-,30+/m0/s1. The van der Waals surface area contributed by atoms with Crippen molar-refractivity contribution in [1.29, 1.82) is 0 Å². The molecule has 2 aromatic carbocycles. The van der Waals surface area contributed by atoms with E-state index in [0.29, 0.717) is 36.8 Å². The molecule has 3 fully saturated rings. The van der Waals surface area contributed by atoms with E-state index in [1.807, 2.05) is 36.7 Å². The lowest BCUT2D eigenvalue weighted by Gasteiger charge is -2.48. The van der Waals surface area contributed by atoms with E-state index in [4.69, 9.17) is 0 Å².